The first kappa shape index (κ1) is 21.5. The van der Waals surface area contributed by atoms with Crippen LogP contribution in [-0.2, 0) is 16.0 Å². The second kappa shape index (κ2) is 9.93. The van der Waals surface area contributed by atoms with E-state index < -0.39 is 11.9 Å². The standard InChI is InChI=1S/C17H15FN2O.C4H4O4/c1-11-16(20-10-19-11)7-8-17(21)15-4-2-3-12-9-13(18)5-6-14(12)15;5-3(6)1-2-4(7)8/h2-6,9-10H,7-8H2,1H3,(H,19,20);1-2H,(H,5,6)(H,7,8). The third-order valence-corrected chi connectivity index (χ3v) is 4.03. The number of aliphatic carboxylic acids is 2. The highest BCUT2D eigenvalue weighted by Crippen LogP contribution is 2.21. The monoisotopic (exact) mass is 398 g/mol. The normalized spacial score (nSPS) is 10.6. The molecule has 0 spiro atoms. The fraction of sp³-hybridized carbons (Fsp3) is 0.143. The number of H-pyrrole nitrogens is 1. The molecule has 1 aromatic heterocycles. The highest BCUT2D eigenvalue weighted by molar-refractivity contribution is 6.08. The zero-order valence-electron chi connectivity index (χ0n) is 15.6. The molecule has 0 fully saturated rings. The van der Waals surface area contributed by atoms with Gasteiger partial charge in [-0.05, 0) is 36.2 Å². The van der Waals surface area contributed by atoms with Crippen LogP contribution in [0, 0.1) is 12.7 Å². The summed E-state index contributed by atoms with van der Waals surface area (Å²) in [6.07, 6.45) is 3.74. The minimum atomic E-state index is -1.26. The molecule has 1 heterocycles. The minimum Gasteiger partial charge on any atom is -0.478 e. The van der Waals surface area contributed by atoms with Gasteiger partial charge in [0.2, 0.25) is 0 Å². The molecule has 3 rings (SSSR count). The molecule has 0 aliphatic carbocycles. The molecule has 0 atom stereocenters. The molecule has 3 aromatic rings. The number of aromatic nitrogens is 2. The first-order chi connectivity index (χ1) is 13.8. The van der Waals surface area contributed by atoms with E-state index in [9.17, 15) is 18.8 Å². The van der Waals surface area contributed by atoms with Crippen molar-refractivity contribution in [3.63, 3.8) is 0 Å². The Balaban J connectivity index is 0.000000321. The number of fused-ring (bicyclic) bond motifs is 1. The van der Waals surface area contributed by atoms with Crippen molar-refractivity contribution in [2.75, 3.05) is 0 Å². The molecular weight excluding hydrogens is 379 g/mol. The average Bonchev–Trinajstić information content (AvgIpc) is 3.09. The van der Waals surface area contributed by atoms with Crippen LogP contribution in [-0.4, -0.2) is 37.9 Å². The molecule has 7 nitrogen and oxygen atoms in total. The fourth-order valence-corrected chi connectivity index (χ4v) is 2.65. The quantitative estimate of drug-likeness (QED) is 0.431. The maximum atomic E-state index is 13.3. The Kier molecular flexibility index (Phi) is 7.36. The lowest BCUT2D eigenvalue weighted by atomic mass is 9.98. The van der Waals surface area contributed by atoms with Crippen molar-refractivity contribution in [1.29, 1.82) is 0 Å². The lowest BCUT2D eigenvalue weighted by Gasteiger charge is -2.06. The van der Waals surface area contributed by atoms with E-state index in [0.717, 1.165) is 22.2 Å². The van der Waals surface area contributed by atoms with Gasteiger partial charge in [0.1, 0.15) is 5.82 Å². The number of carbonyl (C=O) groups is 3. The van der Waals surface area contributed by atoms with Crippen LogP contribution in [0.1, 0.15) is 28.2 Å². The number of carboxylic acid groups (broad SMARTS) is 2. The minimum absolute atomic E-state index is 0.0506. The summed E-state index contributed by atoms with van der Waals surface area (Å²) in [5.41, 5.74) is 2.54. The second-order valence-corrected chi connectivity index (χ2v) is 6.08. The third-order valence-electron chi connectivity index (χ3n) is 4.03. The molecule has 2 aromatic carbocycles. The Morgan fingerprint density at radius 1 is 1.10 bits per heavy atom. The van der Waals surface area contributed by atoms with E-state index in [4.69, 9.17) is 10.2 Å². The number of halogens is 1. The molecule has 3 N–H and O–H groups in total. The van der Waals surface area contributed by atoms with E-state index in [1.54, 1.807) is 24.5 Å². The second-order valence-electron chi connectivity index (χ2n) is 6.08. The number of carbonyl (C=O) groups excluding carboxylic acids is 1. The Labute approximate surface area is 165 Å². The highest BCUT2D eigenvalue weighted by Gasteiger charge is 2.12. The topological polar surface area (TPSA) is 120 Å². The maximum Gasteiger partial charge on any atom is 0.328 e. The van der Waals surface area contributed by atoms with Crippen LogP contribution in [0.5, 0.6) is 0 Å². The average molecular weight is 398 g/mol. The van der Waals surface area contributed by atoms with E-state index in [1.165, 1.54) is 12.1 Å². The summed E-state index contributed by atoms with van der Waals surface area (Å²) in [5.74, 6) is -2.76. The molecular formula is C21H19FN2O5. The summed E-state index contributed by atoms with van der Waals surface area (Å²) in [4.78, 5) is 38.7. The molecule has 29 heavy (non-hydrogen) atoms. The van der Waals surface area contributed by atoms with Gasteiger partial charge in [-0.3, -0.25) is 4.79 Å². The summed E-state index contributed by atoms with van der Waals surface area (Å²) >= 11 is 0. The summed E-state index contributed by atoms with van der Waals surface area (Å²) in [6, 6.07) is 9.89. The first-order valence-electron chi connectivity index (χ1n) is 8.62. The molecule has 0 bridgehead atoms. The molecule has 0 aliphatic rings. The van der Waals surface area contributed by atoms with Crippen molar-refractivity contribution < 1.29 is 29.0 Å². The lowest BCUT2D eigenvalue weighted by molar-refractivity contribution is -0.134. The van der Waals surface area contributed by atoms with Crippen molar-refractivity contribution in [1.82, 2.24) is 9.97 Å². The molecule has 0 unspecified atom stereocenters. The molecule has 8 heteroatoms. The number of hydrogen-bond acceptors (Lipinski definition) is 4. The number of nitrogens with zero attached hydrogens (tertiary/aromatic N) is 1. The van der Waals surface area contributed by atoms with Crippen LogP contribution < -0.4 is 0 Å². The number of rotatable bonds is 6. The van der Waals surface area contributed by atoms with Gasteiger partial charge < -0.3 is 15.2 Å². The Bertz CT molecular complexity index is 1060. The number of aryl methyl sites for hydroxylation is 2. The Morgan fingerprint density at radius 2 is 1.79 bits per heavy atom. The molecule has 0 radical (unpaired) electrons. The Hall–Kier alpha value is -3.81. The zero-order chi connectivity index (χ0) is 21.4. The van der Waals surface area contributed by atoms with Crippen LogP contribution in [0.25, 0.3) is 10.8 Å². The van der Waals surface area contributed by atoms with E-state index in [1.807, 2.05) is 13.0 Å². The number of nitrogens with one attached hydrogen (secondary N) is 1. The van der Waals surface area contributed by atoms with Crippen LogP contribution in [0.4, 0.5) is 4.39 Å². The number of hydrogen-bond donors (Lipinski definition) is 3. The van der Waals surface area contributed by atoms with Gasteiger partial charge in [0.05, 0.1) is 12.0 Å². The van der Waals surface area contributed by atoms with Gasteiger partial charge in [-0.25, -0.2) is 19.0 Å². The third kappa shape index (κ3) is 6.39. The van der Waals surface area contributed by atoms with Crippen molar-refractivity contribution in [2.24, 2.45) is 0 Å². The maximum absolute atomic E-state index is 13.3. The van der Waals surface area contributed by atoms with Crippen LogP contribution >= 0.6 is 0 Å². The smallest absolute Gasteiger partial charge is 0.328 e. The summed E-state index contributed by atoms with van der Waals surface area (Å²) in [7, 11) is 0. The van der Waals surface area contributed by atoms with E-state index in [2.05, 4.69) is 9.97 Å². The van der Waals surface area contributed by atoms with Crippen molar-refractivity contribution in [3.05, 3.63) is 77.6 Å². The van der Waals surface area contributed by atoms with Gasteiger partial charge in [0, 0.05) is 29.8 Å². The molecule has 0 saturated heterocycles. The van der Waals surface area contributed by atoms with Gasteiger partial charge in [0.25, 0.3) is 0 Å². The van der Waals surface area contributed by atoms with Gasteiger partial charge in [-0.2, -0.15) is 0 Å². The Morgan fingerprint density at radius 3 is 2.38 bits per heavy atom. The number of ketones is 1. The number of aromatic amines is 1. The zero-order valence-corrected chi connectivity index (χ0v) is 15.6. The van der Waals surface area contributed by atoms with Crippen LogP contribution in [0.2, 0.25) is 0 Å². The molecule has 0 aliphatic heterocycles. The number of benzene rings is 2. The molecule has 150 valence electrons. The summed E-state index contributed by atoms with van der Waals surface area (Å²) in [5, 5.41) is 17.2. The van der Waals surface area contributed by atoms with Gasteiger partial charge in [0.15, 0.2) is 5.78 Å². The predicted octanol–water partition coefficient (Wildman–Crippen LogP) is 3.54. The van der Waals surface area contributed by atoms with Gasteiger partial charge >= 0.3 is 11.9 Å². The van der Waals surface area contributed by atoms with Gasteiger partial charge in [-0.1, -0.05) is 24.3 Å². The summed E-state index contributed by atoms with van der Waals surface area (Å²) in [6.45, 7) is 1.94. The van der Waals surface area contributed by atoms with Crippen LogP contribution in [0.15, 0.2) is 54.9 Å². The SMILES string of the molecule is Cc1[nH]cnc1CCC(=O)c1cccc2cc(F)ccc12.O=C(O)C=CC(=O)O. The van der Waals surface area contributed by atoms with Gasteiger partial charge in [-0.15, -0.1) is 0 Å². The van der Waals surface area contributed by atoms with E-state index >= 15 is 0 Å². The molecule has 0 saturated carbocycles. The van der Waals surface area contributed by atoms with Crippen molar-refractivity contribution in [3.8, 4) is 0 Å². The first-order valence-corrected chi connectivity index (χ1v) is 8.62. The van der Waals surface area contributed by atoms with Crippen LogP contribution in [0.3, 0.4) is 0 Å². The van der Waals surface area contributed by atoms with E-state index in [0.29, 0.717) is 30.6 Å². The van der Waals surface area contributed by atoms with Crippen molar-refractivity contribution >= 4 is 28.5 Å². The fourth-order valence-electron chi connectivity index (χ4n) is 2.65. The lowest BCUT2D eigenvalue weighted by Crippen LogP contribution is -2.03. The predicted molar refractivity (Wildman–Crippen MR) is 104 cm³/mol. The van der Waals surface area contributed by atoms with Crippen molar-refractivity contribution in [2.45, 2.75) is 19.8 Å². The molecule has 0 amide bonds. The summed E-state index contributed by atoms with van der Waals surface area (Å²) < 4.78 is 13.3. The number of Topliss-reactive ketones (excluding diaryl/α,β-unsaturated/α-hetero) is 1. The van der Waals surface area contributed by atoms with E-state index in [-0.39, 0.29) is 11.6 Å². The number of carboxylic acids is 2. The highest BCUT2D eigenvalue weighted by atomic mass is 19.1. The largest absolute Gasteiger partial charge is 0.478 e. The number of imidazole rings is 1.